The van der Waals surface area contributed by atoms with Crippen LogP contribution in [0.1, 0.15) is 11.4 Å². The Balaban J connectivity index is 1.62. The van der Waals surface area contributed by atoms with Crippen molar-refractivity contribution in [2.24, 2.45) is 0 Å². The van der Waals surface area contributed by atoms with Gasteiger partial charge < -0.3 is 9.64 Å². The number of nitriles is 1. The molecule has 0 aliphatic carbocycles. The Morgan fingerprint density at radius 1 is 1.21 bits per heavy atom. The van der Waals surface area contributed by atoms with Gasteiger partial charge in [-0.05, 0) is 30.3 Å². The molecule has 146 valence electrons. The van der Waals surface area contributed by atoms with Crippen LogP contribution in [0.5, 0.6) is 0 Å². The first-order chi connectivity index (χ1) is 14.1. The van der Waals surface area contributed by atoms with Crippen LogP contribution in [0.3, 0.4) is 0 Å². The molecule has 0 bridgehead atoms. The highest BCUT2D eigenvalue weighted by Gasteiger charge is 2.19. The minimum Gasteiger partial charge on any atom is -0.452 e. The van der Waals surface area contributed by atoms with E-state index in [-0.39, 0.29) is 18.7 Å². The van der Waals surface area contributed by atoms with E-state index in [1.165, 1.54) is 41.7 Å². The summed E-state index contributed by atoms with van der Waals surface area (Å²) in [6, 6.07) is 15.2. The number of amides is 1. The lowest BCUT2D eigenvalue weighted by atomic mass is 10.2. The van der Waals surface area contributed by atoms with Gasteiger partial charge in [0.2, 0.25) is 0 Å². The second-order valence-corrected chi connectivity index (χ2v) is 6.93. The molecule has 0 N–H and O–H groups in total. The Bertz CT molecular complexity index is 1070. The molecule has 1 amide bonds. The molecular weight excluding hydrogens is 393 g/mol. The SMILES string of the molecule is N#CCCN(C(=O)COC(=O)/C=C/c1nc2ccccc2s1)c1ccccc1F. The van der Waals surface area contributed by atoms with E-state index in [1.807, 2.05) is 30.3 Å². The van der Waals surface area contributed by atoms with Crippen LogP contribution in [0.15, 0.2) is 54.6 Å². The van der Waals surface area contributed by atoms with Crippen LogP contribution in [0.4, 0.5) is 10.1 Å². The summed E-state index contributed by atoms with van der Waals surface area (Å²) >= 11 is 1.42. The fraction of sp³-hybridized carbons (Fsp3) is 0.143. The van der Waals surface area contributed by atoms with E-state index >= 15 is 0 Å². The van der Waals surface area contributed by atoms with E-state index in [9.17, 15) is 14.0 Å². The number of benzene rings is 2. The van der Waals surface area contributed by atoms with Gasteiger partial charge in [-0.2, -0.15) is 5.26 Å². The van der Waals surface area contributed by atoms with Crippen molar-refractivity contribution in [3.05, 3.63) is 65.4 Å². The molecule has 29 heavy (non-hydrogen) atoms. The van der Waals surface area contributed by atoms with Gasteiger partial charge in [-0.1, -0.05) is 24.3 Å². The fourth-order valence-corrected chi connectivity index (χ4v) is 3.44. The highest BCUT2D eigenvalue weighted by Crippen LogP contribution is 2.22. The second kappa shape index (κ2) is 9.57. The fourth-order valence-electron chi connectivity index (χ4n) is 2.57. The number of thiazole rings is 1. The van der Waals surface area contributed by atoms with E-state index < -0.39 is 24.3 Å². The maximum Gasteiger partial charge on any atom is 0.331 e. The van der Waals surface area contributed by atoms with Gasteiger partial charge in [0.1, 0.15) is 10.8 Å². The quantitative estimate of drug-likeness (QED) is 0.436. The van der Waals surface area contributed by atoms with E-state index in [4.69, 9.17) is 10.00 Å². The van der Waals surface area contributed by atoms with E-state index in [0.717, 1.165) is 15.1 Å². The van der Waals surface area contributed by atoms with Gasteiger partial charge in [0.05, 0.1) is 28.4 Å². The molecule has 0 aliphatic rings. The van der Waals surface area contributed by atoms with Crippen molar-refractivity contribution in [2.75, 3.05) is 18.1 Å². The summed E-state index contributed by atoms with van der Waals surface area (Å²) in [5, 5.41) is 9.42. The second-order valence-electron chi connectivity index (χ2n) is 5.87. The zero-order valence-corrected chi connectivity index (χ0v) is 16.1. The van der Waals surface area contributed by atoms with Crippen molar-refractivity contribution in [3.63, 3.8) is 0 Å². The molecule has 0 unspecified atom stereocenters. The van der Waals surface area contributed by atoms with Crippen LogP contribution in [0, 0.1) is 17.1 Å². The standard InChI is InChI=1S/C21H16FN3O3S/c22-15-6-1-3-8-17(15)25(13-5-12-23)20(26)14-28-21(27)11-10-19-24-16-7-2-4-9-18(16)29-19/h1-4,6-11H,5,13-14H2/b11-10+. The number of aromatic nitrogens is 1. The molecule has 3 rings (SSSR count). The number of halogens is 1. The molecule has 2 aromatic carbocycles. The number of anilines is 1. The van der Waals surface area contributed by atoms with Crippen molar-refractivity contribution in [3.8, 4) is 6.07 Å². The third-order valence-electron chi connectivity index (χ3n) is 3.90. The van der Waals surface area contributed by atoms with Gasteiger partial charge in [0, 0.05) is 12.6 Å². The van der Waals surface area contributed by atoms with Crippen LogP contribution in [-0.2, 0) is 14.3 Å². The predicted octanol–water partition coefficient (Wildman–Crippen LogP) is 3.94. The summed E-state index contributed by atoms with van der Waals surface area (Å²) in [4.78, 5) is 29.9. The van der Waals surface area contributed by atoms with Crippen LogP contribution < -0.4 is 4.90 Å². The van der Waals surface area contributed by atoms with Gasteiger partial charge in [-0.25, -0.2) is 14.2 Å². The van der Waals surface area contributed by atoms with Gasteiger partial charge >= 0.3 is 5.97 Å². The molecular formula is C21H16FN3O3S. The number of nitrogens with zero attached hydrogens (tertiary/aromatic N) is 3. The molecule has 8 heteroatoms. The highest BCUT2D eigenvalue weighted by molar-refractivity contribution is 7.19. The Labute approximate surface area is 170 Å². The minimum atomic E-state index is -0.716. The number of hydrogen-bond acceptors (Lipinski definition) is 6. The maximum absolute atomic E-state index is 14.0. The zero-order chi connectivity index (χ0) is 20.6. The molecule has 0 saturated heterocycles. The van der Waals surface area contributed by atoms with Crippen molar-refractivity contribution in [1.82, 2.24) is 4.98 Å². The topological polar surface area (TPSA) is 83.3 Å². The number of hydrogen-bond donors (Lipinski definition) is 0. The Kier molecular flexibility index (Phi) is 6.66. The van der Waals surface area contributed by atoms with Crippen LogP contribution in [0.2, 0.25) is 0 Å². The third kappa shape index (κ3) is 5.24. The van der Waals surface area contributed by atoms with Crippen LogP contribution >= 0.6 is 11.3 Å². The average molecular weight is 409 g/mol. The number of esters is 1. The van der Waals surface area contributed by atoms with Crippen molar-refractivity contribution >= 4 is 45.2 Å². The number of carbonyl (C=O) groups is 2. The largest absolute Gasteiger partial charge is 0.452 e. The van der Waals surface area contributed by atoms with Crippen LogP contribution in [0.25, 0.3) is 16.3 Å². The average Bonchev–Trinajstić information content (AvgIpc) is 3.15. The van der Waals surface area contributed by atoms with Gasteiger partial charge in [0.25, 0.3) is 5.91 Å². The monoisotopic (exact) mass is 409 g/mol. The summed E-state index contributed by atoms with van der Waals surface area (Å²) in [5.74, 6) is -1.93. The number of para-hydroxylation sites is 2. The summed E-state index contributed by atoms with van der Waals surface area (Å²) in [7, 11) is 0. The molecule has 0 aliphatic heterocycles. The molecule has 0 radical (unpaired) electrons. The molecule has 0 atom stereocenters. The van der Waals surface area contributed by atoms with E-state index in [0.29, 0.717) is 5.01 Å². The van der Waals surface area contributed by atoms with Gasteiger partial charge in [-0.15, -0.1) is 11.3 Å². The summed E-state index contributed by atoms with van der Waals surface area (Å²) in [5.41, 5.74) is 0.868. The number of rotatable bonds is 7. The lowest BCUT2D eigenvalue weighted by molar-refractivity contribution is -0.142. The number of carbonyl (C=O) groups excluding carboxylic acids is 2. The Morgan fingerprint density at radius 2 is 1.97 bits per heavy atom. The van der Waals surface area contributed by atoms with Crippen molar-refractivity contribution in [1.29, 1.82) is 5.26 Å². The lowest BCUT2D eigenvalue weighted by Gasteiger charge is -2.21. The maximum atomic E-state index is 14.0. The Morgan fingerprint density at radius 3 is 2.72 bits per heavy atom. The number of fused-ring (bicyclic) bond motifs is 1. The van der Waals surface area contributed by atoms with E-state index in [1.54, 1.807) is 6.07 Å². The van der Waals surface area contributed by atoms with Gasteiger partial charge in [0.15, 0.2) is 6.61 Å². The summed E-state index contributed by atoms with van der Waals surface area (Å²) in [6.07, 6.45) is 2.72. The Hall–Kier alpha value is -3.57. The first-order valence-corrected chi connectivity index (χ1v) is 9.52. The molecule has 3 aromatic rings. The van der Waals surface area contributed by atoms with Crippen molar-refractivity contribution < 1.29 is 18.7 Å². The van der Waals surface area contributed by atoms with E-state index in [2.05, 4.69) is 4.98 Å². The zero-order valence-electron chi connectivity index (χ0n) is 15.2. The predicted molar refractivity (Wildman–Crippen MR) is 109 cm³/mol. The number of ether oxygens (including phenoxy) is 1. The molecule has 0 fully saturated rings. The molecule has 0 saturated carbocycles. The van der Waals surface area contributed by atoms with Crippen LogP contribution in [-0.4, -0.2) is 30.0 Å². The molecule has 0 spiro atoms. The third-order valence-corrected chi connectivity index (χ3v) is 4.90. The minimum absolute atomic E-state index is 0.00460. The smallest absolute Gasteiger partial charge is 0.331 e. The molecule has 1 aromatic heterocycles. The highest BCUT2D eigenvalue weighted by atomic mass is 32.1. The first kappa shape index (κ1) is 20.2. The molecule has 6 nitrogen and oxygen atoms in total. The summed E-state index contributed by atoms with van der Waals surface area (Å²) in [6.45, 7) is -0.571. The normalized spacial score (nSPS) is 10.8. The van der Waals surface area contributed by atoms with Gasteiger partial charge in [-0.3, -0.25) is 4.79 Å². The first-order valence-electron chi connectivity index (χ1n) is 8.71. The van der Waals surface area contributed by atoms with Crippen molar-refractivity contribution in [2.45, 2.75) is 6.42 Å². The lowest BCUT2D eigenvalue weighted by Crippen LogP contribution is -2.36. The summed E-state index contributed by atoms with van der Waals surface area (Å²) < 4.78 is 20.0. The molecule has 1 heterocycles.